The molecule has 1 aromatic carbocycles. The number of aryl methyl sites for hydroxylation is 2. The maximum Gasteiger partial charge on any atom is 0.228 e. The second kappa shape index (κ2) is 4.70. The Balaban J connectivity index is 2.25. The number of aromatic nitrogens is 3. The number of para-hydroxylation sites is 2. The van der Waals surface area contributed by atoms with Gasteiger partial charge in [0.15, 0.2) is 0 Å². The van der Waals surface area contributed by atoms with Gasteiger partial charge in [0, 0.05) is 11.8 Å². The van der Waals surface area contributed by atoms with Crippen LogP contribution in [0.3, 0.4) is 0 Å². The highest BCUT2D eigenvalue weighted by Gasteiger charge is 2.21. The summed E-state index contributed by atoms with van der Waals surface area (Å²) in [4.78, 5) is 4.25. The molecule has 0 bridgehead atoms. The molecule has 0 saturated heterocycles. The molecule has 0 atom stereocenters. The lowest BCUT2D eigenvalue weighted by Crippen LogP contribution is -2.11. The number of hydrogen-bond donors (Lipinski definition) is 0. The van der Waals surface area contributed by atoms with Crippen molar-refractivity contribution >= 4 is 20.9 Å². The average molecular weight is 305 g/mol. The number of imidazole rings is 1. The fourth-order valence-electron chi connectivity index (χ4n) is 2.38. The maximum atomic E-state index is 12.0. The zero-order valence-electron chi connectivity index (χ0n) is 12.0. The van der Waals surface area contributed by atoms with Crippen LogP contribution in [0.4, 0.5) is 0 Å². The van der Waals surface area contributed by atoms with Crippen LogP contribution in [-0.2, 0) is 16.4 Å². The third-order valence-electron chi connectivity index (χ3n) is 3.45. The Labute approximate surface area is 122 Å². The van der Waals surface area contributed by atoms with E-state index in [2.05, 4.69) is 10.1 Å². The molecule has 0 spiro atoms. The molecule has 0 aliphatic rings. The van der Waals surface area contributed by atoms with E-state index in [9.17, 15) is 8.42 Å². The van der Waals surface area contributed by atoms with E-state index >= 15 is 0 Å². The van der Waals surface area contributed by atoms with Gasteiger partial charge in [-0.15, -0.1) is 0 Å². The minimum absolute atomic E-state index is 0.0590. The summed E-state index contributed by atoms with van der Waals surface area (Å²) in [7, 11) is -3.42. The predicted molar refractivity (Wildman–Crippen MR) is 77.9 cm³/mol. The summed E-state index contributed by atoms with van der Waals surface area (Å²) >= 11 is 0. The molecular formula is C14H15N3O3S. The molecule has 0 amide bonds. The number of rotatable bonds is 3. The SMILES string of the molecule is Cc1noc(C)c1Cn1c(S(C)(=O)=O)nc2ccccc21. The van der Waals surface area contributed by atoms with Crippen molar-refractivity contribution in [2.75, 3.05) is 6.26 Å². The van der Waals surface area contributed by atoms with Gasteiger partial charge < -0.3 is 9.09 Å². The summed E-state index contributed by atoms with van der Waals surface area (Å²) in [5.41, 5.74) is 3.07. The lowest BCUT2D eigenvalue weighted by atomic mass is 10.2. The largest absolute Gasteiger partial charge is 0.361 e. The van der Waals surface area contributed by atoms with E-state index in [1.54, 1.807) is 10.6 Å². The average Bonchev–Trinajstić information content (AvgIpc) is 2.94. The van der Waals surface area contributed by atoms with Crippen molar-refractivity contribution in [1.29, 1.82) is 0 Å². The third-order valence-corrected chi connectivity index (χ3v) is 4.42. The van der Waals surface area contributed by atoms with Gasteiger partial charge in [0.1, 0.15) is 5.76 Å². The number of fused-ring (bicyclic) bond motifs is 1. The lowest BCUT2D eigenvalue weighted by Gasteiger charge is -2.07. The van der Waals surface area contributed by atoms with E-state index < -0.39 is 9.84 Å². The molecule has 0 fully saturated rings. The van der Waals surface area contributed by atoms with Crippen molar-refractivity contribution in [3.63, 3.8) is 0 Å². The molecule has 110 valence electrons. The van der Waals surface area contributed by atoms with Crippen molar-refractivity contribution < 1.29 is 12.9 Å². The van der Waals surface area contributed by atoms with Crippen LogP contribution in [0, 0.1) is 13.8 Å². The molecule has 6 nitrogen and oxygen atoms in total. The summed E-state index contributed by atoms with van der Waals surface area (Å²) in [5.74, 6) is 0.685. The van der Waals surface area contributed by atoms with E-state index in [0.717, 1.165) is 23.0 Å². The van der Waals surface area contributed by atoms with Crippen LogP contribution in [0.15, 0.2) is 33.9 Å². The minimum Gasteiger partial charge on any atom is -0.361 e. The fraction of sp³-hybridized carbons (Fsp3) is 0.286. The third kappa shape index (κ3) is 2.33. The fourth-order valence-corrected chi connectivity index (χ4v) is 3.20. The molecule has 2 aromatic heterocycles. The smallest absolute Gasteiger partial charge is 0.228 e. The molecule has 0 saturated carbocycles. The van der Waals surface area contributed by atoms with Gasteiger partial charge >= 0.3 is 0 Å². The van der Waals surface area contributed by atoms with Gasteiger partial charge in [-0.3, -0.25) is 0 Å². The molecule has 0 radical (unpaired) electrons. The van der Waals surface area contributed by atoms with E-state index in [4.69, 9.17) is 4.52 Å². The van der Waals surface area contributed by atoms with Crippen LogP contribution in [0.5, 0.6) is 0 Å². The highest BCUT2D eigenvalue weighted by molar-refractivity contribution is 7.90. The summed E-state index contributed by atoms with van der Waals surface area (Å²) in [6.45, 7) is 4.02. The summed E-state index contributed by atoms with van der Waals surface area (Å²) in [6.07, 6.45) is 1.16. The Hall–Kier alpha value is -2.15. The monoisotopic (exact) mass is 305 g/mol. The highest BCUT2D eigenvalue weighted by Crippen LogP contribution is 2.23. The molecule has 21 heavy (non-hydrogen) atoms. The molecule has 2 heterocycles. The van der Waals surface area contributed by atoms with E-state index in [1.165, 1.54) is 0 Å². The van der Waals surface area contributed by atoms with Gasteiger partial charge in [0.25, 0.3) is 0 Å². The second-order valence-corrected chi connectivity index (χ2v) is 6.95. The first-order chi connectivity index (χ1) is 9.88. The molecule has 0 unspecified atom stereocenters. The van der Waals surface area contributed by atoms with Crippen LogP contribution in [-0.4, -0.2) is 29.4 Å². The zero-order valence-corrected chi connectivity index (χ0v) is 12.8. The zero-order chi connectivity index (χ0) is 15.2. The van der Waals surface area contributed by atoms with Crippen molar-refractivity contribution in [1.82, 2.24) is 14.7 Å². The molecule has 0 N–H and O–H groups in total. The molecule has 0 aliphatic carbocycles. The van der Waals surface area contributed by atoms with E-state index in [1.807, 2.05) is 32.0 Å². The first-order valence-electron chi connectivity index (χ1n) is 6.45. The summed E-state index contributed by atoms with van der Waals surface area (Å²) in [6, 6.07) is 7.35. The molecular weight excluding hydrogens is 290 g/mol. The Morgan fingerprint density at radius 1 is 1.24 bits per heavy atom. The van der Waals surface area contributed by atoms with Crippen molar-refractivity contribution in [2.45, 2.75) is 25.5 Å². The van der Waals surface area contributed by atoms with E-state index in [-0.39, 0.29) is 5.16 Å². The van der Waals surface area contributed by atoms with Crippen molar-refractivity contribution in [3.8, 4) is 0 Å². The number of hydrogen-bond acceptors (Lipinski definition) is 5. The highest BCUT2D eigenvalue weighted by atomic mass is 32.2. The quantitative estimate of drug-likeness (QED) is 0.740. The Morgan fingerprint density at radius 3 is 2.57 bits per heavy atom. The maximum absolute atomic E-state index is 12.0. The van der Waals surface area contributed by atoms with Crippen LogP contribution >= 0.6 is 0 Å². The van der Waals surface area contributed by atoms with Gasteiger partial charge in [-0.1, -0.05) is 17.3 Å². The first-order valence-corrected chi connectivity index (χ1v) is 8.34. The van der Waals surface area contributed by atoms with Gasteiger partial charge in [-0.05, 0) is 26.0 Å². The molecule has 3 rings (SSSR count). The van der Waals surface area contributed by atoms with Crippen LogP contribution < -0.4 is 0 Å². The van der Waals surface area contributed by atoms with Gasteiger partial charge in [-0.25, -0.2) is 13.4 Å². The normalized spacial score (nSPS) is 12.1. The van der Waals surface area contributed by atoms with Crippen molar-refractivity contribution in [3.05, 3.63) is 41.3 Å². The topological polar surface area (TPSA) is 78.0 Å². The van der Waals surface area contributed by atoms with Crippen molar-refractivity contribution in [2.24, 2.45) is 0 Å². The number of sulfone groups is 1. The molecule has 0 aliphatic heterocycles. The van der Waals surface area contributed by atoms with E-state index in [0.29, 0.717) is 17.8 Å². The predicted octanol–water partition coefficient (Wildman–Crippen LogP) is 2.09. The summed E-state index contributed by atoms with van der Waals surface area (Å²) in [5, 5.41) is 3.97. The van der Waals surface area contributed by atoms with Crippen LogP contribution in [0.25, 0.3) is 11.0 Å². The molecule has 3 aromatic rings. The minimum atomic E-state index is -3.42. The van der Waals surface area contributed by atoms with Gasteiger partial charge in [-0.2, -0.15) is 0 Å². The lowest BCUT2D eigenvalue weighted by molar-refractivity contribution is 0.392. The Kier molecular flexibility index (Phi) is 3.09. The Bertz CT molecular complexity index is 903. The van der Waals surface area contributed by atoms with Gasteiger partial charge in [0.05, 0.1) is 23.3 Å². The standard InChI is InChI=1S/C14H15N3O3S/c1-9-11(10(2)20-16-9)8-17-13-7-5-4-6-12(13)15-14(17)21(3,18)19/h4-7H,8H2,1-3H3. The van der Waals surface area contributed by atoms with Crippen LogP contribution in [0.2, 0.25) is 0 Å². The summed E-state index contributed by atoms with van der Waals surface area (Å²) < 4.78 is 30.8. The van der Waals surface area contributed by atoms with Gasteiger partial charge in [0.2, 0.25) is 15.0 Å². The first kappa shape index (κ1) is 13.8. The second-order valence-electron chi connectivity index (χ2n) is 5.04. The Morgan fingerprint density at radius 2 is 1.95 bits per heavy atom. The molecule has 7 heteroatoms. The van der Waals surface area contributed by atoms with Crippen LogP contribution in [0.1, 0.15) is 17.0 Å². The number of nitrogens with zero attached hydrogens (tertiary/aromatic N) is 3. The number of benzene rings is 1.